The van der Waals surface area contributed by atoms with Crippen LogP contribution in [0.2, 0.25) is 0 Å². The molecule has 1 N–H and O–H groups in total. The second kappa shape index (κ2) is 9.86. The smallest absolute Gasteiger partial charge is 0.253 e. The molecule has 0 aliphatic carbocycles. The first-order valence-corrected chi connectivity index (χ1v) is 10.8. The van der Waals surface area contributed by atoms with Crippen LogP contribution in [0.4, 0.5) is 0 Å². The molecular weight excluding hydrogens is 352 g/mol. The Morgan fingerprint density at radius 1 is 1.14 bits per heavy atom. The lowest BCUT2D eigenvalue weighted by atomic mass is 9.79. The Labute approximate surface area is 169 Å². The summed E-state index contributed by atoms with van der Waals surface area (Å²) >= 11 is 0. The first kappa shape index (κ1) is 21.3. The highest BCUT2D eigenvalue weighted by Gasteiger charge is 2.39. The van der Waals surface area contributed by atoms with E-state index in [0.29, 0.717) is 32.5 Å². The number of amides is 1. The number of ether oxygens (including phenoxy) is 1. The van der Waals surface area contributed by atoms with Crippen molar-refractivity contribution in [3.63, 3.8) is 0 Å². The van der Waals surface area contributed by atoms with Crippen LogP contribution in [0.25, 0.3) is 0 Å². The number of likely N-dealkylation sites (tertiary alicyclic amines) is 2. The highest BCUT2D eigenvalue weighted by Crippen LogP contribution is 2.31. The van der Waals surface area contributed by atoms with Gasteiger partial charge in [-0.1, -0.05) is 31.9 Å². The Kier molecular flexibility index (Phi) is 7.49. The number of hydrogen-bond donors (Lipinski definition) is 1. The average Bonchev–Trinajstić information content (AvgIpc) is 2.97. The summed E-state index contributed by atoms with van der Waals surface area (Å²) in [6.07, 6.45) is 6.51. The van der Waals surface area contributed by atoms with Crippen molar-refractivity contribution >= 4 is 5.91 Å². The third-order valence-corrected chi connectivity index (χ3v) is 6.56. The van der Waals surface area contributed by atoms with Crippen LogP contribution in [-0.2, 0) is 11.3 Å². The first-order valence-electron chi connectivity index (χ1n) is 10.8. The lowest BCUT2D eigenvalue weighted by Gasteiger charge is -2.43. The fourth-order valence-electron chi connectivity index (χ4n) is 4.49. The van der Waals surface area contributed by atoms with Gasteiger partial charge in [0.2, 0.25) is 0 Å². The van der Waals surface area contributed by atoms with Gasteiger partial charge in [0, 0.05) is 44.8 Å². The van der Waals surface area contributed by atoms with E-state index in [1.165, 1.54) is 44.3 Å². The third-order valence-electron chi connectivity index (χ3n) is 6.56. The number of rotatable bonds is 6. The van der Waals surface area contributed by atoms with Crippen LogP contribution in [-0.4, -0.2) is 66.3 Å². The molecule has 0 bridgehead atoms. The molecule has 0 radical (unpaired) electrons. The maximum atomic E-state index is 12.9. The zero-order chi connectivity index (χ0) is 20.0. The highest BCUT2D eigenvalue weighted by atomic mass is 16.5. The van der Waals surface area contributed by atoms with Gasteiger partial charge in [0.1, 0.15) is 0 Å². The molecule has 0 unspecified atom stereocenters. The number of hydrogen-bond acceptors (Lipinski definition) is 4. The van der Waals surface area contributed by atoms with Gasteiger partial charge in [-0.2, -0.15) is 0 Å². The molecule has 0 saturated carbocycles. The Hall–Kier alpha value is -1.43. The number of benzene rings is 1. The van der Waals surface area contributed by atoms with Crippen molar-refractivity contribution in [2.24, 2.45) is 5.92 Å². The molecule has 3 rings (SSSR count). The van der Waals surface area contributed by atoms with E-state index >= 15 is 0 Å². The zero-order valence-corrected chi connectivity index (χ0v) is 17.5. The molecule has 0 spiro atoms. The number of nitrogens with zero attached hydrogens (tertiary/aromatic N) is 2. The fraction of sp³-hybridized carbons (Fsp3) is 0.696. The maximum absolute atomic E-state index is 12.9. The van der Waals surface area contributed by atoms with E-state index < -0.39 is 5.60 Å². The molecule has 5 nitrogen and oxygen atoms in total. The summed E-state index contributed by atoms with van der Waals surface area (Å²) < 4.78 is 5.13. The van der Waals surface area contributed by atoms with Crippen molar-refractivity contribution in [1.29, 1.82) is 0 Å². The highest BCUT2D eigenvalue weighted by molar-refractivity contribution is 5.94. The van der Waals surface area contributed by atoms with E-state index in [4.69, 9.17) is 4.74 Å². The number of piperidine rings is 1. The van der Waals surface area contributed by atoms with Gasteiger partial charge in [0.05, 0.1) is 5.60 Å². The van der Waals surface area contributed by atoms with Crippen molar-refractivity contribution in [3.05, 3.63) is 35.4 Å². The predicted octanol–water partition coefficient (Wildman–Crippen LogP) is 3.31. The maximum Gasteiger partial charge on any atom is 0.253 e. The molecule has 2 saturated heterocycles. The summed E-state index contributed by atoms with van der Waals surface area (Å²) in [5, 5.41) is 10.8. The van der Waals surface area contributed by atoms with Crippen molar-refractivity contribution in [2.45, 2.75) is 57.6 Å². The molecule has 2 fully saturated rings. The molecule has 5 heteroatoms. The van der Waals surface area contributed by atoms with Crippen LogP contribution in [0.1, 0.15) is 61.4 Å². The molecule has 1 aromatic carbocycles. The minimum absolute atomic E-state index is 0.0441. The molecule has 2 aliphatic heterocycles. The second-order valence-corrected chi connectivity index (χ2v) is 8.64. The number of carbonyl (C=O) groups is 1. The minimum atomic E-state index is -0.732. The van der Waals surface area contributed by atoms with E-state index in [1.807, 2.05) is 24.0 Å². The quantitative estimate of drug-likeness (QED) is 0.812. The summed E-state index contributed by atoms with van der Waals surface area (Å²) in [7, 11) is 1.66. The molecular formula is C23H36N2O3. The molecule has 156 valence electrons. The van der Waals surface area contributed by atoms with Gasteiger partial charge in [-0.3, -0.25) is 9.69 Å². The number of carbonyl (C=O) groups excluding carboxylic acids is 1. The van der Waals surface area contributed by atoms with Crippen LogP contribution < -0.4 is 0 Å². The van der Waals surface area contributed by atoms with Gasteiger partial charge >= 0.3 is 0 Å². The van der Waals surface area contributed by atoms with E-state index in [0.717, 1.165) is 12.1 Å². The van der Waals surface area contributed by atoms with Crippen molar-refractivity contribution in [3.8, 4) is 0 Å². The average molecular weight is 389 g/mol. The summed E-state index contributed by atoms with van der Waals surface area (Å²) in [5.74, 6) is 0.115. The molecule has 28 heavy (non-hydrogen) atoms. The van der Waals surface area contributed by atoms with Crippen molar-refractivity contribution < 1.29 is 14.6 Å². The van der Waals surface area contributed by atoms with Gasteiger partial charge in [0.15, 0.2) is 0 Å². The minimum Gasteiger partial charge on any atom is -0.389 e. The molecule has 1 aromatic rings. The van der Waals surface area contributed by atoms with E-state index in [1.54, 1.807) is 7.11 Å². The van der Waals surface area contributed by atoms with Gasteiger partial charge < -0.3 is 14.7 Å². The Balaban J connectivity index is 1.56. The fourth-order valence-corrected chi connectivity index (χ4v) is 4.49. The standard InChI is InChI=1S/C23H36N2O3/c1-19-17-25(15-11-23(19,27)12-16-28-2)22(26)21-9-7-20(8-10-21)18-24-13-5-3-4-6-14-24/h7-10,19,27H,3-6,11-18H2,1-2H3/t19-,23-/m0/s1. The molecule has 0 aromatic heterocycles. The molecule has 2 atom stereocenters. The largest absolute Gasteiger partial charge is 0.389 e. The summed E-state index contributed by atoms with van der Waals surface area (Å²) in [6.45, 7) is 7.10. The molecule has 1 amide bonds. The van der Waals surface area contributed by atoms with Gasteiger partial charge in [0.25, 0.3) is 5.91 Å². The van der Waals surface area contributed by atoms with E-state index in [-0.39, 0.29) is 11.8 Å². The van der Waals surface area contributed by atoms with Crippen LogP contribution in [0.5, 0.6) is 0 Å². The topological polar surface area (TPSA) is 53.0 Å². The van der Waals surface area contributed by atoms with Crippen molar-refractivity contribution in [2.75, 3.05) is 39.9 Å². The summed E-state index contributed by atoms with van der Waals surface area (Å²) in [6, 6.07) is 8.12. The SMILES string of the molecule is COCC[C@@]1(O)CCN(C(=O)c2ccc(CN3CCCCCC3)cc2)C[C@@H]1C. The monoisotopic (exact) mass is 388 g/mol. The van der Waals surface area contributed by atoms with Gasteiger partial charge in [-0.25, -0.2) is 0 Å². The van der Waals surface area contributed by atoms with Crippen molar-refractivity contribution in [1.82, 2.24) is 9.80 Å². The third kappa shape index (κ3) is 5.34. The van der Waals surface area contributed by atoms with Crippen LogP contribution >= 0.6 is 0 Å². The lowest BCUT2D eigenvalue weighted by molar-refractivity contribution is -0.0750. The Morgan fingerprint density at radius 3 is 2.43 bits per heavy atom. The van der Waals surface area contributed by atoms with E-state index in [2.05, 4.69) is 17.0 Å². The van der Waals surface area contributed by atoms with Gasteiger partial charge in [-0.15, -0.1) is 0 Å². The Bertz CT molecular complexity index is 625. The first-order chi connectivity index (χ1) is 13.5. The van der Waals surface area contributed by atoms with E-state index in [9.17, 15) is 9.90 Å². The summed E-state index contributed by atoms with van der Waals surface area (Å²) in [4.78, 5) is 17.3. The van der Waals surface area contributed by atoms with Crippen LogP contribution in [0, 0.1) is 5.92 Å². The Morgan fingerprint density at radius 2 is 1.82 bits per heavy atom. The second-order valence-electron chi connectivity index (χ2n) is 8.64. The number of methoxy groups -OCH3 is 1. The number of aliphatic hydroxyl groups is 1. The molecule has 2 heterocycles. The normalized spacial score (nSPS) is 26.8. The van der Waals surface area contributed by atoms with Crippen LogP contribution in [0.15, 0.2) is 24.3 Å². The summed E-state index contributed by atoms with van der Waals surface area (Å²) in [5.41, 5.74) is 1.29. The zero-order valence-electron chi connectivity index (χ0n) is 17.5. The van der Waals surface area contributed by atoms with Crippen LogP contribution in [0.3, 0.4) is 0 Å². The molecule has 2 aliphatic rings. The predicted molar refractivity (Wildman–Crippen MR) is 111 cm³/mol. The lowest BCUT2D eigenvalue weighted by Crippen LogP contribution is -2.52. The van der Waals surface area contributed by atoms with Gasteiger partial charge in [-0.05, 0) is 56.5 Å².